The van der Waals surface area contributed by atoms with Crippen LogP contribution in [0.4, 0.5) is 5.69 Å². The van der Waals surface area contributed by atoms with Crippen LogP contribution in [0.15, 0.2) is 12.1 Å². The molecule has 0 saturated carbocycles. The maximum atomic E-state index is 11.0. The van der Waals surface area contributed by atoms with Crippen molar-refractivity contribution in [3.8, 4) is 11.5 Å². The van der Waals surface area contributed by atoms with Gasteiger partial charge in [-0.2, -0.15) is 0 Å². The normalized spacial score (nSPS) is 10.4. The van der Waals surface area contributed by atoms with Crippen molar-refractivity contribution in [3.05, 3.63) is 27.8 Å². The molecule has 0 aliphatic carbocycles. The van der Waals surface area contributed by atoms with Gasteiger partial charge < -0.3 is 14.6 Å². The van der Waals surface area contributed by atoms with Gasteiger partial charge in [-0.15, -0.1) is 0 Å². The van der Waals surface area contributed by atoms with E-state index in [0.29, 0.717) is 12.5 Å². The molecule has 7 heteroatoms. The Morgan fingerprint density at radius 2 is 2.05 bits per heavy atom. The molecule has 0 spiro atoms. The largest absolute Gasteiger partial charge is 0.493 e. The molecule has 7 nitrogen and oxygen atoms in total. The van der Waals surface area contributed by atoms with E-state index in [1.54, 1.807) is 0 Å². The first-order valence-electron chi connectivity index (χ1n) is 6.09. The number of benzene rings is 1. The summed E-state index contributed by atoms with van der Waals surface area (Å²) in [6, 6.07) is 2.19. The van der Waals surface area contributed by atoms with Crippen LogP contribution >= 0.6 is 0 Å². The van der Waals surface area contributed by atoms with Gasteiger partial charge in [-0.3, -0.25) is 10.1 Å². The maximum absolute atomic E-state index is 11.0. The monoisotopic (exact) mass is 283 g/mol. The lowest BCUT2D eigenvalue weighted by Crippen LogP contribution is -2.07. The minimum absolute atomic E-state index is 0.164. The van der Waals surface area contributed by atoms with Gasteiger partial charge in [0.25, 0.3) is 5.69 Å². The fourth-order valence-corrected chi connectivity index (χ4v) is 1.55. The van der Waals surface area contributed by atoms with E-state index < -0.39 is 22.1 Å². The molecular formula is C13H17NO6. The van der Waals surface area contributed by atoms with Gasteiger partial charge >= 0.3 is 5.97 Å². The number of methoxy groups -OCH3 is 1. The molecule has 1 aromatic carbocycles. The molecule has 20 heavy (non-hydrogen) atoms. The number of aromatic carboxylic acids is 1. The Hall–Kier alpha value is -2.31. The number of carboxylic acids is 1. The summed E-state index contributed by atoms with van der Waals surface area (Å²) in [4.78, 5) is 21.2. The summed E-state index contributed by atoms with van der Waals surface area (Å²) in [5.74, 6) is -0.625. The first-order chi connectivity index (χ1) is 9.36. The van der Waals surface area contributed by atoms with Crippen molar-refractivity contribution in [3.63, 3.8) is 0 Å². The van der Waals surface area contributed by atoms with E-state index in [1.165, 1.54) is 7.11 Å². The highest BCUT2D eigenvalue weighted by molar-refractivity contribution is 5.93. The Morgan fingerprint density at radius 3 is 2.50 bits per heavy atom. The van der Waals surface area contributed by atoms with Crippen LogP contribution in [0.1, 0.15) is 30.6 Å². The minimum Gasteiger partial charge on any atom is -0.493 e. The van der Waals surface area contributed by atoms with E-state index in [0.717, 1.165) is 18.6 Å². The summed E-state index contributed by atoms with van der Waals surface area (Å²) < 4.78 is 10.5. The van der Waals surface area contributed by atoms with E-state index in [2.05, 4.69) is 0 Å². The number of rotatable bonds is 7. The Labute approximate surface area is 116 Å². The van der Waals surface area contributed by atoms with Gasteiger partial charge in [-0.1, -0.05) is 13.8 Å². The van der Waals surface area contributed by atoms with Crippen LogP contribution in [0.25, 0.3) is 0 Å². The molecule has 1 aromatic rings. The van der Waals surface area contributed by atoms with E-state index in [1.807, 2.05) is 13.8 Å². The summed E-state index contributed by atoms with van der Waals surface area (Å²) >= 11 is 0. The number of hydrogen-bond acceptors (Lipinski definition) is 5. The van der Waals surface area contributed by atoms with Gasteiger partial charge in [0.2, 0.25) is 0 Å². The van der Waals surface area contributed by atoms with Crippen molar-refractivity contribution >= 4 is 11.7 Å². The first kappa shape index (κ1) is 15.7. The lowest BCUT2D eigenvalue weighted by Gasteiger charge is -2.12. The number of nitrogens with zero attached hydrogens (tertiary/aromatic N) is 1. The quantitative estimate of drug-likeness (QED) is 0.610. The molecule has 1 rings (SSSR count). The molecule has 0 aliphatic rings. The molecule has 0 atom stereocenters. The third-order valence-electron chi connectivity index (χ3n) is 2.66. The molecule has 0 saturated heterocycles. The second kappa shape index (κ2) is 6.74. The predicted octanol–water partition coefficient (Wildman–Crippen LogP) is 2.73. The molecule has 0 aromatic heterocycles. The Bertz CT molecular complexity index is 512. The zero-order valence-electron chi connectivity index (χ0n) is 11.6. The highest BCUT2D eigenvalue weighted by atomic mass is 16.6. The zero-order chi connectivity index (χ0) is 15.3. The van der Waals surface area contributed by atoms with Crippen LogP contribution in [0, 0.1) is 16.0 Å². The van der Waals surface area contributed by atoms with Crippen molar-refractivity contribution < 1.29 is 24.3 Å². The van der Waals surface area contributed by atoms with Crippen LogP contribution in [0.3, 0.4) is 0 Å². The molecule has 0 fully saturated rings. The molecule has 0 amide bonds. The molecule has 0 aliphatic heterocycles. The summed E-state index contributed by atoms with van der Waals surface area (Å²) in [7, 11) is 1.35. The van der Waals surface area contributed by atoms with Gasteiger partial charge in [-0.05, 0) is 12.3 Å². The van der Waals surface area contributed by atoms with Crippen molar-refractivity contribution in [2.75, 3.05) is 13.7 Å². The van der Waals surface area contributed by atoms with Crippen molar-refractivity contribution in [2.45, 2.75) is 20.3 Å². The average molecular weight is 283 g/mol. The van der Waals surface area contributed by atoms with E-state index in [4.69, 9.17) is 14.6 Å². The first-order valence-corrected chi connectivity index (χ1v) is 6.09. The lowest BCUT2D eigenvalue weighted by molar-refractivity contribution is -0.385. The van der Waals surface area contributed by atoms with Gasteiger partial charge in [0.05, 0.1) is 24.7 Å². The SMILES string of the molecule is COc1cc(C(=O)O)c([N+](=O)[O-])cc1OCCC(C)C. The molecule has 0 unspecified atom stereocenters. The Balaban J connectivity index is 3.13. The number of carbonyl (C=O) groups is 1. The van der Waals surface area contributed by atoms with Gasteiger partial charge in [0.1, 0.15) is 5.56 Å². The predicted molar refractivity (Wildman–Crippen MR) is 71.6 cm³/mol. The summed E-state index contributed by atoms with van der Waals surface area (Å²) in [5, 5.41) is 19.9. The highest BCUT2D eigenvalue weighted by Crippen LogP contribution is 2.34. The fourth-order valence-electron chi connectivity index (χ4n) is 1.55. The van der Waals surface area contributed by atoms with Gasteiger partial charge in [0, 0.05) is 6.07 Å². The topological polar surface area (TPSA) is 98.9 Å². The maximum Gasteiger partial charge on any atom is 0.342 e. The number of nitro groups is 1. The van der Waals surface area contributed by atoms with Gasteiger partial charge in [-0.25, -0.2) is 4.79 Å². The summed E-state index contributed by atoms with van der Waals surface area (Å²) in [6.45, 7) is 4.42. The van der Waals surface area contributed by atoms with Crippen LogP contribution < -0.4 is 9.47 Å². The molecule has 0 heterocycles. The smallest absolute Gasteiger partial charge is 0.342 e. The van der Waals surface area contributed by atoms with Crippen LogP contribution in [0.5, 0.6) is 11.5 Å². The zero-order valence-corrected chi connectivity index (χ0v) is 11.6. The molecular weight excluding hydrogens is 266 g/mol. The summed E-state index contributed by atoms with van der Waals surface area (Å²) in [5.41, 5.74) is -0.944. The van der Waals surface area contributed by atoms with E-state index in [9.17, 15) is 14.9 Å². The number of ether oxygens (including phenoxy) is 2. The minimum atomic E-state index is -1.39. The molecule has 0 bridgehead atoms. The summed E-state index contributed by atoms with van der Waals surface area (Å²) in [6.07, 6.45) is 0.775. The lowest BCUT2D eigenvalue weighted by atomic mass is 10.1. The van der Waals surface area contributed by atoms with Crippen molar-refractivity contribution in [1.82, 2.24) is 0 Å². The van der Waals surface area contributed by atoms with Crippen LogP contribution in [-0.2, 0) is 0 Å². The Kier molecular flexibility index (Phi) is 5.31. The van der Waals surface area contributed by atoms with Crippen molar-refractivity contribution in [2.24, 2.45) is 5.92 Å². The van der Waals surface area contributed by atoms with E-state index >= 15 is 0 Å². The standard InChI is InChI=1S/C13H17NO6/c1-8(2)4-5-20-12-7-10(14(17)18)9(13(15)16)6-11(12)19-3/h6-8H,4-5H2,1-3H3,(H,15,16). The van der Waals surface area contributed by atoms with Crippen molar-refractivity contribution in [1.29, 1.82) is 0 Å². The Morgan fingerprint density at radius 1 is 1.40 bits per heavy atom. The van der Waals surface area contributed by atoms with Crippen LogP contribution in [-0.4, -0.2) is 29.7 Å². The van der Waals surface area contributed by atoms with E-state index in [-0.39, 0.29) is 11.5 Å². The molecule has 0 radical (unpaired) electrons. The number of nitro benzene ring substituents is 1. The third kappa shape index (κ3) is 3.84. The fraction of sp³-hybridized carbons (Fsp3) is 0.462. The second-order valence-electron chi connectivity index (χ2n) is 4.61. The average Bonchev–Trinajstić information content (AvgIpc) is 2.37. The molecule has 1 N–H and O–H groups in total. The number of hydrogen-bond donors (Lipinski definition) is 1. The number of carboxylic acid groups (broad SMARTS) is 1. The van der Waals surface area contributed by atoms with Crippen LogP contribution in [0.2, 0.25) is 0 Å². The second-order valence-corrected chi connectivity index (χ2v) is 4.61. The molecule has 110 valence electrons. The third-order valence-corrected chi connectivity index (χ3v) is 2.66. The highest BCUT2D eigenvalue weighted by Gasteiger charge is 2.24. The van der Waals surface area contributed by atoms with Gasteiger partial charge in [0.15, 0.2) is 11.5 Å².